The molecule has 1 N–H and O–H groups in total. The molecule has 2 aliphatic rings. The summed E-state index contributed by atoms with van der Waals surface area (Å²) in [7, 11) is 0. The SMILES string of the molecule is CC1CCCC(N2CCC(C)NC(C)CC2)C1. The minimum Gasteiger partial charge on any atom is -0.312 e. The fourth-order valence-electron chi connectivity index (χ4n) is 3.58. The number of hydrogen-bond acceptors (Lipinski definition) is 2. The topological polar surface area (TPSA) is 15.3 Å². The summed E-state index contributed by atoms with van der Waals surface area (Å²) in [5, 5.41) is 3.69. The molecule has 17 heavy (non-hydrogen) atoms. The third-order valence-electron chi connectivity index (χ3n) is 4.69. The monoisotopic (exact) mass is 238 g/mol. The lowest BCUT2D eigenvalue weighted by Crippen LogP contribution is -2.47. The van der Waals surface area contributed by atoms with Crippen LogP contribution in [0.1, 0.15) is 59.3 Å². The van der Waals surface area contributed by atoms with Crippen molar-refractivity contribution in [1.29, 1.82) is 0 Å². The lowest BCUT2D eigenvalue weighted by atomic mass is 9.86. The zero-order chi connectivity index (χ0) is 12.3. The van der Waals surface area contributed by atoms with Crippen LogP contribution in [-0.2, 0) is 0 Å². The second kappa shape index (κ2) is 6.19. The summed E-state index contributed by atoms with van der Waals surface area (Å²) in [5.41, 5.74) is 0. The Balaban J connectivity index is 1.89. The summed E-state index contributed by atoms with van der Waals surface area (Å²) < 4.78 is 0. The van der Waals surface area contributed by atoms with Crippen LogP contribution in [0.4, 0.5) is 0 Å². The van der Waals surface area contributed by atoms with Gasteiger partial charge in [0.15, 0.2) is 0 Å². The Labute approximate surface area is 107 Å². The molecule has 1 aliphatic heterocycles. The van der Waals surface area contributed by atoms with Gasteiger partial charge in [0.1, 0.15) is 0 Å². The maximum absolute atomic E-state index is 3.69. The Kier molecular flexibility index (Phi) is 4.87. The van der Waals surface area contributed by atoms with Gasteiger partial charge in [0.25, 0.3) is 0 Å². The lowest BCUT2D eigenvalue weighted by Gasteiger charge is -2.39. The summed E-state index contributed by atoms with van der Waals surface area (Å²) in [6.45, 7) is 9.71. The van der Waals surface area contributed by atoms with Crippen molar-refractivity contribution < 1.29 is 0 Å². The van der Waals surface area contributed by atoms with Crippen LogP contribution in [-0.4, -0.2) is 36.1 Å². The Morgan fingerprint density at radius 3 is 2.12 bits per heavy atom. The van der Waals surface area contributed by atoms with Crippen molar-refractivity contribution in [1.82, 2.24) is 10.2 Å². The summed E-state index contributed by atoms with van der Waals surface area (Å²) in [6.07, 6.45) is 8.42. The largest absolute Gasteiger partial charge is 0.312 e. The first-order chi connectivity index (χ1) is 8.15. The van der Waals surface area contributed by atoms with Crippen molar-refractivity contribution in [2.45, 2.75) is 77.4 Å². The predicted molar refractivity (Wildman–Crippen MR) is 74.3 cm³/mol. The van der Waals surface area contributed by atoms with Crippen molar-refractivity contribution in [3.63, 3.8) is 0 Å². The average molecular weight is 238 g/mol. The normalized spacial score (nSPS) is 41.8. The van der Waals surface area contributed by atoms with Crippen LogP contribution < -0.4 is 5.32 Å². The molecule has 0 bridgehead atoms. The van der Waals surface area contributed by atoms with Crippen LogP contribution in [0.2, 0.25) is 0 Å². The molecule has 2 rings (SSSR count). The van der Waals surface area contributed by atoms with Gasteiger partial charge < -0.3 is 10.2 Å². The molecule has 1 heterocycles. The first-order valence-corrected chi connectivity index (χ1v) is 7.65. The van der Waals surface area contributed by atoms with Crippen LogP contribution >= 0.6 is 0 Å². The minimum absolute atomic E-state index is 0.689. The molecule has 4 atom stereocenters. The molecular formula is C15H30N2. The molecule has 0 aromatic carbocycles. The van der Waals surface area contributed by atoms with E-state index in [2.05, 4.69) is 31.0 Å². The van der Waals surface area contributed by atoms with E-state index in [0.29, 0.717) is 12.1 Å². The standard InChI is InChI=1S/C15H30N2/c1-12-5-4-6-15(11-12)17-9-7-13(2)16-14(3)8-10-17/h12-16H,4-11H2,1-3H3. The number of hydrogen-bond donors (Lipinski definition) is 1. The van der Waals surface area contributed by atoms with E-state index in [1.165, 1.54) is 51.6 Å². The fourth-order valence-corrected chi connectivity index (χ4v) is 3.58. The Morgan fingerprint density at radius 1 is 0.882 bits per heavy atom. The van der Waals surface area contributed by atoms with Crippen molar-refractivity contribution >= 4 is 0 Å². The van der Waals surface area contributed by atoms with Crippen LogP contribution in [0.25, 0.3) is 0 Å². The minimum atomic E-state index is 0.689. The predicted octanol–water partition coefficient (Wildman–Crippen LogP) is 3.03. The highest BCUT2D eigenvalue weighted by atomic mass is 15.2. The lowest BCUT2D eigenvalue weighted by molar-refractivity contribution is 0.114. The smallest absolute Gasteiger partial charge is 0.00978 e. The molecule has 1 saturated heterocycles. The first-order valence-electron chi connectivity index (χ1n) is 7.65. The third-order valence-corrected chi connectivity index (χ3v) is 4.69. The van der Waals surface area contributed by atoms with Gasteiger partial charge in [-0.15, -0.1) is 0 Å². The van der Waals surface area contributed by atoms with Crippen LogP contribution in [0.15, 0.2) is 0 Å². The van der Waals surface area contributed by atoms with E-state index in [0.717, 1.165) is 12.0 Å². The third kappa shape index (κ3) is 3.96. The molecule has 0 radical (unpaired) electrons. The van der Waals surface area contributed by atoms with Gasteiger partial charge in [0.2, 0.25) is 0 Å². The number of nitrogens with zero attached hydrogens (tertiary/aromatic N) is 1. The number of rotatable bonds is 1. The molecule has 1 saturated carbocycles. The highest BCUT2D eigenvalue weighted by Crippen LogP contribution is 2.28. The van der Waals surface area contributed by atoms with Crippen LogP contribution in [0.3, 0.4) is 0 Å². The average Bonchev–Trinajstić information content (AvgIpc) is 2.26. The van der Waals surface area contributed by atoms with E-state index in [-0.39, 0.29) is 0 Å². The molecule has 1 aliphatic carbocycles. The van der Waals surface area contributed by atoms with Crippen molar-refractivity contribution in [3.05, 3.63) is 0 Å². The molecule has 2 nitrogen and oxygen atoms in total. The second-order valence-electron chi connectivity index (χ2n) is 6.51. The molecule has 4 unspecified atom stereocenters. The molecule has 100 valence electrons. The molecule has 0 spiro atoms. The van der Waals surface area contributed by atoms with Crippen LogP contribution in [0, 0.1) is 5.92 Å². The number of nitrogens with one attached hydrogen (secondary N) is 1. The molecular weight excluding hydrogens is 208 g/mol. The Hall–Kier alpha value is -0.0800. The van der Waals surface area contributed by atoms with E-state index >= 15 is 0 Å². The van der Waals surface area contributed by atoms with Gasteiger partial charge in [-0.1, -0.05) is 19.8 Å². The van der Waals surface area contributed by atoms with Gasteiger partial charge in [-0.25, -0.2) is 0 Å². The summed E-state index contributed by atoms with van der Waals surface area (Å²) in [4.78, 5) is 2.80. The highest BCUT2D eigenvalue weighted by Gasteiger charge is 2.26. The molecule has 0 amide bonds. The van der Waals surface area contributed by atoms with Crippen molar-refractivity contribution in [2.24, 2.45) is 5.92 Å². The zero-order valence-electron chi connectivity index (χ0n) is 11.9. The second-order valence-corrected chi connectivity index (χ2v) is 6.51. The quantitative estimate of drug-likeness (QED) is 0.755. The van der Waals surface area contributed by atoms with Gasteiger partial charge in [-0.2, -0.15) is 0 Å². The first kappa shape index (κ1) is 13.4. The maximum atomic E-state index is 3.69. The van der Waals surface area contributed by atoms with Gasteiger partial charge in [0.05, 0.1) is 0 Å². The highest BCUT2D eigenvalue weighted by molar-refractivity contribution is 4.82. The van der Waals surface area contributed by atoms with Gasteiger partial charge in [-0.3, -0.25) is 0 Å². The summed E-state index contributed by atoms with van der Waals surface area (Å²) in [6, 6.07) is 2.26. The molecule has 0 aromatic heterocycles. The van der Waals surface area contributed by atoms with E-state index in [4.69, 9.17) is 0 Å². The van der Waals surface area contributed by atoms with Crippen LogP contribution in [0.5, 0.6) is 0 Å². The molecule has 0 aromatic rings. The summed E-state index contributed by atoms with van der Waals surface area (Å²) in [5.74, 6) is 0.951. The van der Waals surface area contributed by atoms with E-state index in [1.807, 2.05) is 0 Å². The van der Waals surface area contributed by atoms with Gasteiger partial charge >= 0.3 is 0 Å². The van der Waals surface area contributed by atoms with Crippen molar-refractivity contribution in [3.8, 4) is 0 Å². The Bertz CT molecular complexity index is 217. The zero-order valence-corrected chi connectivity index (χ0v) is 11.9. The van der Waals surface area contributed by atoms with Crippen molar-refractivity contribution in [2.75, 3.05) is 13.1 Å². The summed E-state index contributed by atoms with van der Waals surface area (Å²) >= 11 is 0. The van der Waals surface area contributed by atoms with Gasteiger partial charge in [0, 0.05) is 18.1 Å². The molecule has 2 fully saturated rings. The van der Waals surface area contributed by atoms with E-state index < -0.39 is 0 Å². The van der Waals surface area contributed by atoms with E-state index in [9.17, 15) is 0 Å². The maximum Gasteiger partial charge on any atom is 0.00978 e. The van der Waals surface area contributed by atoms with Gasteiger partial charge in [-0.05, 0) is 58.5 Å². The fraction of sp³-hybridized carbons (Fsp3) is 1.00. The Morgan fingerprint density at radius 2 is 1.53 bits per heavy atom. The molecule has 2 heteroatoms. The van der Waals surface area contributed by atoms with E-state index in [1.54, 1.807) is 0 Å².